The average molecular weight is 562 g/mol. The maximum atomic E-state index is 13.3. The monoisotopic (exact) mass is 561 g/mol. The molecule has 6 rings (SSSR count). The van der Waals surface area contributed by atoms with Crippen LogP contribution in [0.4, 0.5) is 0 Å². The van der Waals surface area contributed by atoms with Crippen molar-refractivity contribution in [3.8, 4) is 28.4 Å². The Kier molecular flexibility index (Phi) is 7.42. The van der Waals surface area contributed by atoms with Gasteiger partial charge in [-0.05, 0) is 80.1 Å². The first-order valence-corrected chi connectivity index (χ1v) is 14.1. The lowest BCUT2D eigenvalue weighted by Gasteiger charge is -2.04. The number of ether oxygens (including phenoxy) is 2. The summed E-state index contributed by atoms with van der Waals surface area (Å²) >= 11 is 1.30. The number of fused-ring (bicyclic) bond motifs is 1. The molecule has 204 valence electrons. The second-order valence-corrected chi connectivity index (χ2v) is 10.1. The Bertz CT molecular complexity index is 1920. The van der Waals surface area contributed by atoms with E-state index in [1.165, 1.54) is 15.9 Å². The zero-order valence-corrected chi connectivity index (χ0v) is 23.4. The van der Waals surface area contributed by atoms with Crippen molar-refractivity contribution < 1.29 is 9.47 Å². The van der Waals surface area contributed by atoms with Crippen LogP contribution in [0, 0.1) is 0 Å². The molecule has 0 bridgehead atoms. The van der Waals surface area contributed by atoms with E-state index in [1.54, 1.807) is 6.08 Å². The predicted octanol–water partition coefficient (Wildman–Crippen LogP) is 5.52. The molecule has 3 aromatic carbocycles. The van der Waals surface area contributed by atoms with Crippen molar-refractivity contribution >= 4 is 34.5 Å². The van der Waals surface area contributed by atoms with E-state index in [9.17, 15) is 4.79 Å². The first-order valence-electron chi connectivity index (χ1n) is 13.3. The van der Waals surface area contributed by atoms with Gasteiger partial charge < -0.3 is 9.47 Å². The van der Waals surface area contributed by atoms with Gasteiger partial charge in [-0.3, -0.25) is 4.79 Å². The lowest BCUT2D eigenvalue weighted by atomic mass is 10.1. The fourth-order valence-electron chi connectivity index (χ4n) is 4.38. The summed E-state index contributed by atoms with van der Waals surface area (Å²) in [5.41, 5.74) is 4.18. The molecule has 9 heteroatoms. The number of benzene rings is 3. The fourth-order valence-corrected chi connectivity index (χ4v) is 5.28. The molecule has 3 aromatic heterocycles. The van der Waals surface area contributed by atoms with Gasteiger partial charge in [0.05, 0.1) is 23.4 Å². The van der Waals surface area contributed by atoms with Gasteiger partial charge in [0, 0.05) is 17.3 Å². The summed E-state index contributed by atoms with van der Waals surface area (Å²) < 4.78 is 14.8. The van der Waals surface area contributed by atoms with E-state index in [0.29, 0.717) is 28.5 Å². The summed E-state index contributed by atoms with van der Waals surface area (Å²) in [5.74, 6) is 2.09. The molecule has 0 aliphatic carbocycles. The van der Waals surface area contributed by atoms with Crippen LogP contribution in [0.15, 0.2) is 89.9 Å². The highest BCUT2D eigenvalue weighted by molar-refractivity contribution is 7.15. The molecule has 6 aromatic rings. The minimum atomic E-state index is -0.219. The van der Waals surface area contributed by atoms with E-state index in [2.05, 4.69) is 10.1 Å². The molecule has 0 aliphatic heterocycles. The number of thiazole rings is 1. The number of hydrogen-bond acceptors (Lipinski definition) is 7. The lowest BCUT2D eigenvalue weighted by Crippen LogP contribution is -2.23. The van der Waals surface area contributed by atoms with Gasteiger partial charge in [-0.25, -0.2) is 4.68 Å². The quantitative estimate of drug-likeness (QED) is 0.231. The maximum Gasteiger partial charge on any atom is 0.291 e. The molecule has 0 atom stereocenters. The summed E-state index contributed by atoms with van der Waals surface area (Å²) in [6.45, 7) is 5.13. The molecular weight excluding hydrogens is 534 g/mol. The van der Waals surface area contributed by atoms with E-state index in [4.69, 9.17) is 14.6 Å². The van der Waals surface area contributed by atoms with Crippen LogP contribution >= 0.6 is 11.3 Å². The van der Waals surface area contributed by atoms with E-state index in [-0.39, 0.29) is 5.56 Å². The van der Waals surface area contributed by atoms with E-state index >= 15 is 0 Å². The van der Waals surface area contributed by atoms with Gasteiger partial charge in [0.15, 0.2) is 5.82 Å². The van der Waals surface area contributed by atoms with Crippen LogP contribution in [-0.2, 0) is 0 Å². The Morgan fingerprint density at radius 1 is 0.829 bits per heavy atom. The molecule has 3 heterocycles. The van der Waals surface area contributed by atoms with Crippen molar-refractivity contribution in [2.45, 2.75) is 13.8 Å². The molecule has 41 heavy (non-hydrogen) atoms. The summed E-state index contributed by atoms with van der Waals surface area (Å²) in [6, 6.07) is 25.4. The normalized spacial score (nSPS) is 12.0. The Balaban J connectivity index is 1.34. The van der Waals surface area contributed by atoms with Gasteiger partial charge in [0.25, 0.3) is 5.56 Å². The molecule has 0 aliphatic rings. The second kappa shape index (κ2) is 11.6. The summed E-state index contributed by atoms with van der Waals surface area (Å²) in [6.07, 6.45) is 7.50. The molecule has 0 saturated heterocycles. The minimum absolute atomic E-state index is 0.219. The van der Waals surface area contributed by atoms with Crippen LogP contribution in [0.5, 0.6) is 11.5 Å². The third-order valence-electron chi connectivity index (χ3n) is 6.30. The molecule has 0 unspecified atom stereocenters. The third kappa shape index (κ3) is 5.66. The van der Waals surface area contributed by atoms with Gasteiger partial charge in [0.2, 0.25) is 4.96 Å². The molecule has 8 nitrogen and oxygen atoms in total. The molecule has 0 radical (unpaired) electrons. The zero-order chi connectivity index (χ0) is 28.2. The molecule has 0 saturated carbocycles. The van der Waals surface area contributed by atoms with Gasteiger partial charge in [-0.1, -0.05) is 47.7 Å². The molecular formula is C32H27N5O3S. The first-order chi connectivity index (χ1) is 20.1. The van der Waals surface area contributed by atoms with Gasteiger partial charge in [-0.15, -0.1) is 5.10 Å². The van der Waals surface area contributed by atoms with Crippen LogP contribution in [-0.4, -0.2) is 37.6 Å². The van der Waals surface area contributed by atoms with Gasteiger partial charge in [-0.2, -0.15) is 14.6 Å². The number of hydrogen-bond donors (Lipinski definition) is 0. The average Bonchev–Trinajstić information content (AvgIpc) is 3.69. The van der Waals surface area contributed by atoms with Crippen LogP contribution in [0.3, 0.4) is 0 Å². The molecule has 0 amide bonds. The van der Waals surface area contributed by atoms with E-state index in [0.717, 1.165) is 39.6 Å². The highest BCUT2D eigenvalue weighted by Crippen LogP contribution is 2.26. The largest absolute Gasteiger partial charge is 0.494 e. The highest BCUT2D eigenvalue weighted by atomic mass is 32.1. The molecule has 0 fully saturated rings. The van der Waals surface area contributed by atoms with Crippen molar-refractivity contribution in [2.24, 2.45) is 0 Å². The smallest absolute Gasteiger partial charge is 0.291 e. The Morgan fingerprint density at radius 3 is 2.17 bits per heavy atom. The number of rotatable bonds is 9. The van der Waals surface area contributed by atoms with E-state index in [1.807, 2.05) is 116 Å². The van der Waals surface area contributed by atoms with Crippen LogP contribution in [0.25, 0.3) is 40.1 Å². The number of para-hydroxylation sites is 1. The van der Waals surface area contributed by atoms with Crippen molar-refractivity contribution in [3.63, 3.8) is 0 Å². The summed E-state index contributed by atoms with van der Waals surface area (Å²) in [4.78, 5) is 18.4. The van der Waals surface area contributed by atoms with Crippen LogP contribution < -0.4 is 19.6 Å². The van der Waals surface area contributed by atoms with E-state index < -0.39 is 0 Å². The van der Waals surface area contributed by atoms with Gasteiger partial charge in [0.1, 0.15) is 17.2 Å². The van der Waals surface area contributed by atoms with Crippen molar-refractivity contribution in [2.75, 3.05) is 13.2 Å². The topological polar surface area (TPSA) is 83.5 Å². The zero-order valence-electron chi connectivity index (χ0n) is 22.6. The first kappa shape index (κ1) is 26.2. The van der Waals surface area contributed by atoms with Gasteiger partial charge >= 0.3 is 0 Å². The fraction of sp³-hybridized carbons (Fsp3) is 0.125. The van der Waals surface area contributed by atoms with Crippen molar-refractivity contribution in [1.82, 2.24) is 24.4 Å². The number of nitrogens with zero attached hydrogens (tertiary/aromatic N) is 5. The van der Waals surface area contributed by atoms with Crippen LogP contribution in [0.2, 0.25) is 0 Å². The second-order valence-electron chi connectivity index (χ2n) is 9.09. The van der Waals surface area contributed by atoms with Crippen molar-refractivity contribution in [3.05, 3.63) is 117 Å². The number of aromatic nitrogens is 5. The Hall–Kier alpha value is -5.02. The molecule has 0 spiro atoms. The third-order valence-corrected chi connectivity index (χ3v) is 7.26. The Morgan fingerprint density at radius 2 is 1.51 bits per heavy atom. The summed E-state index contributed by atoms with van der Waals surface area (Å²) in [5, 5.41) is 9.30. The lowest BCUT2D eigenvalue weighted by molar-refractivity contribution is 0.340. The summed E-state index contributed by atoms with van der Waals surface area (Å²) in [7, 11) is 0. The predicted molar refractivity (Wildman–Crippen MR) is 163 cm³/mol. The highest BCUT2D eigenvalue weighted by Gasteiger charge is 2.14. The SMILES string of the molecule is CCOc1ccc(/C=C/c2nc3s/c(=C\c4cn(-c5ccccc5)nc4-c4ccc(OCC)cc4)c(=O)n3n2)cc1. The minimum Gasteiger partial charge on any atom is -0.494 e. The molecule has 0 N–H and O–H groups in total. The van der Waals surface area contributed by atoms with Crippen molar-refractivity contribution in [1.29, 1.82) is 0 Å². The van der Waals surface area contributed by atoms with Crippen LogP contribution in [0.1, 0.15) is 30.8 Å². The standard InChI is InChI=1S/C32H27N5O3S/c1-3-39-26-15-10-22(11-16-26)12-19-29-33-32-37(34-29)31(38)28(41-32)20-24-21-36(25-8-6-5-7-9-25)35-30(24)23-13-17-27(18-14-23)40-4-2/h5-21H,3-4H2,1-2H3/b19-12+,28-20-. The Labute approximate surface area is 240 Å². The maximum absolute atomic E-state index is 13.3.